The molecule has 1 fully saturated rings. The fourth-order valence-electron chi connectivity index (χ4n) is 2.45. The fraction of sp³-hybridized carbons (Fsp3) is 0.600. The molecule has 3 heteroatoms. The summed E-state index contributed by atoms with van der Waals surface area (Å²) in [4.78, 5) is 0. The van der Waals surface area contributed by atoms with E-state index < -0.39 is 0 Å². The summed E-state index contributed by atoms with van der Waals surface area (Å²) < 4.78 is 5.93. The lowest BCUT2D eigenvalue weighted by molar-refractivity contribution is 0.0211. The molecule has 0 heterocycles. The number of hydrogen-bond acceptors (Lipinski definition) is 2. The Hall–Kier alpha value is -0.570. The lowest BCUT2D eigenvalue weighted by atomic mass is 9.98. The zero-order valence-corrected chi connectivity index (χ0v) is 11.9. The Labute approximate surface area is 115 Å². The third kappa shape index (κ3) is 3.71. The Morgan fingerprint density at radius 3 is 2.50 bits per heavy atom. The summed E-state index contributed by atoms with van der Waals surface area (Å²) in [7, 11) is 2.02. The predicted octanol–water partition coefficient (Wildman–Crippen LogP) is 3.29. The Kier molecular flexibility index (Phi) is 5.04. The van der Waals surface area contributed by atoms with Crippen LogP contribution in [0.4, 0.5) is 0 Å². The lowest BCUT2D eigenvalue weighted by Crippen LogP contribution is -2.42. The molecule has 100 valence electrons. The lowest BCUT2D eigenvalue weighted by Gasteiger charge is -2.27. The SMILES string of the molecule is CCOC(C1CC1)C(Cc1ccc(Cl)cc1)NC. The minimum Gasteiger partial charge on any atom is -0.377 e. The molecule has 2 unspecified atom stereocenters. The zero-order chi connectivity index (χ0) is 13.0. The first-order valence-corrected chi connectivity index (χ1v) is 7.15. The van der Waals surface area contributed by atoms with Gasteiger partial charge in [-0.1, -0.05) is 23.7 Å². The van der Waals surface area contributed by atoms with Crippen molar-refractivity contribution >= 4 is 11.6 Å². The minimum absolute atomic E-state index is 0.343. The van der Waals surface area contributed by atoms with Crippen molar-refractivity contribution in [1.82, 2.24) is 5.32 Å². The standard InChI is InChI=1S/C15H22ClNO/c1-3-18-15(12-6-7-12)14(17-2)10-11-4-8-13(16)9-5-11/h4-5,8-9,12,14-15,17H,3,6-7,10H2,1-2H3. The summed E-state index contributed by atoms with van der Waals surface area (Å²) in [6.45, 7) is 2.87. The van der Waals surface area contributed by atoms with Crippen molar-refractivity contribution < 1.29 is 4.74 Å². The van der Waals surface area contributed by atoms with E-state index in [2.05, 4.69) is 24.4 Å². The number of benzene rings is 1. The van der Waals surface area contributed by atoms with Crippen LogP contribution in [0.1, 0.15) is 25.3 Å². The van der Waals surface area contributed by atoms with Crippen LogP contribution >= 0.6 is 11.6 Å². The van der Waals surface area contributed by atoms with Gasteiger partial charge in [0.05, 0.1) is 6.10 Å². The van der Waals surface area contributed by atoms with Gasteiger partial charge < -0.3 is 10.1 Å². The van der Waals surface area contributed by atoms with Gasteiger partial charge in [-0.3, -0.25) is 0 Å². The second-order valence-electron chi connectivity index (χ2n) is 4.98. The van der Waals surface area contributed by atoms with Crippen molar-refractivity contribution in [3.05, 3.63) is 34.9 Å². The number of nitrogens with one attached hydrogen (secondary N) is 1. The number of rotatable bonds is 7. The molecule has 2 nitrogen and oxygen atoms in total. The first kappa shape index (κ1) is 13.9. The Morgan fingerprint density at radius 2 is 2.00 bits per heavy atom. The Bertz CT molecular complexity index is 361. The van der Waals surface area contributed by atoms with Gasteiger partial charge in [-0.2, -0.15) is 0 Å². The first-order valence-electron chi connectivity index (χ1n) is 6.78. The van der Waals surface area contributed by atoms with Gasteiger partial charge in [-0.15, -0.1) is 0 Å². The van der Waals surface area contributed by atoms with Crippen molar-refractivity contribution in [2.45, 2.75) is 38.3 Å². The van der Waals surface area contributed by atoms with Crippen LogP contribution in [0, 0.1) is 5.92 Å². The van der Waals surface area contributed by atoms with Gasteiger partial charge in [0.1, 0.15) is 0 Å². The molecule has 1 aromatic rings. The van der Waals surface area contributed by atoms with E-state index >= 15 is 0 Å². The fourth-order valence-corrected chi connectivity index (χ4v) is 2.58. The monoisotopic (exact) mass is 267 g/mol. The summed E-state index contributed by atoms with van der Waals surface area (Å²) in [5.41, 5.74) is 1.31. The second kappa shape index (κ2) is 6.55. The van der Waals surface area contributed by atoms with Gasteiger partial charge in [-0.25, -0.2) is 0 Å². The maximum absolute atomic E-state index is 5.93. The topological polar surface area (TPSA) is 21.3 Å². The summed E-state index contributed by atoms with van der Waals surface area (Å²) in [5, 5.41) is 4.21. The van der Waals surface area contributed by atoms with Gasteiger partial charge in [0.25, 0.3) is 0 Å². The molecule has 2 atom stereocenters. The van der Waals surface area contributed by atoms with Crippen molar-refractivity contribution in [3.63, 3.8) is 0 Å². The molecule has 18 heavy (non-hydrogen) atoms. The van der Waals surface area contributed by atoms with Gasteiger partial charge >= 0.3 is 0 Å². The molecule has 0 aromatic heterocycles. The molecule has 0 radical (unpaired) electrons. The zero-order valence-electron chi connectivity index (χ0n) is 11.2. The molecule has 0 spiro atoms. The highest BCUT2D eigenvalue weighted by Gasteiger charge is 2.36. The summed E-state index contributed by atoms with van der Waals surface area (Å²) in [6.07, 6.45) is 3.96. The van der Waals surface area contributed by atoms with E-state index in [1.54, 1.807) is 0 Å². The normalized spacial score (nSPS) is 18.6. The van der Waals surface area contributed by atoms with Gasteiger partial charge in [0.15, 0.2) is 0 Å². The van der Waals surface area contributed by atoms with E-state index in [0.717, 1.165) is 24.0 Å². The van der Waals surface area contributed by atoms with Crippen LogP contribution < -0.4 is 5.32 Å². The van der Waals surface area contributed by atoms with Crippen LogP contribution in [0.5, 0.6) is 0 Å². The summed E-state index contributed by atoms with van der Waals surface area (Å²) in [6, 6.07) is 8.50. The van der Waals surface area contributed by atoms with Crippen molar-refractivity contribution in [2.24, 2.45) is 5.92 Å². The highest BCUT2D eigenvalue weighted by atomic mass is 35.5. The molecule has 0 aliphatic heterocycles. The summed E-state index contributed by atoms with van der Waals surface area (Å²) >= 11 is 5.91. The van der Waals surface area contributed by atoms with Crippen LogP contribution in [0.2, 0.25) is 5.02 Å². The molecular weight excluding hydrogens is 246 g/mol. The van der Waals surface area contributed by atoms with Crippen molar-refractivity contribution in [1.29, 1.82) is 0 Å². The maximum atomic E-state index is 5.93. The molecule has 1 N–H and O–H groups in total. The highest BCUT2D eigenvalue weighted by Crippen LogP contribution is 2.36. The maximum Gasteiger partial charge on any atom is 0.0759 e. The number of hydrogen-bond donors (Lipinski definition) is 1. The van der Waals surface area contributed by atoms with E-state index in [1.165, 1.54) is 18.4 Å². The van der Waals surface area contributed by atoms with Crippen molar-refractivity contribution in [2.75, 3.05) is 13.7 Å². The first-order chi connectivity index (χ1) is 8.74. The molecule has 0 saturated heterocycles. The molecule has 0 bridgehead atoms. The van der Waals surface area contributed by atoms with Crippen LogP contribution in [0.15, 0.2) is 24.3 Å². The largest absolute Gasteiger partial charge is 0.377 e. The van der Waals surface area contributed by atoms with E-state index in [-0.39, 0.29) is 0 Å². The number of halogens is 1. The quantitative estimate of drug-likeness (QED) is 0.819. The Morgan fingerprint density at radius 1 is 1.33 bits per heavy atom. The number of ether oxygens (including phenoxy) is 1. The van der Waals surface area contributed by atoms with Gasteiger partial charge in [0, 0.05) is 17.7 Å². The molecule has 1 aliphatic rings. The summed E-state index contributed by atoms with van der Waals surface area (Å²) in [5.74, 6) is 0.745. The average Bonchev–Trinajstić information content (AvgIpc) is 3.20. The van der Waals surface area contributed by atoms with Crippen LogP contribution in [0.25, 0.3) is 0 Å². The molecule has 0 amide bonds. The van der Waals surface area contributed by atoms with E-state index in [9.17, 15) is 0 Å². The van der Waals surface area contributed by atoms with Gasteiger partial charge in [-0.05, 0) is 56.8 Å². The minimum atomic E-state index is 0.343. The van der Waals surface area contributed by atoms with E-state index in [1.807, 2.05) is 19.2 Å². The van der Waals surface area contributed by atoms with Crippen molar-refractivity contribution in [3.8, 4) is 0 Å². The van der Waals surface area contributed by atoms with Gasteiger partial charge in [0.2, 0.25) is 0 Å². The third-order valence-corrected chi connectivity index (χ3v) is 3.83. The smallest absolute Gasteiger partial charge is 0.0759 e. The molecule has 1 saturated carbocycles. The predicted molar refractivity (Wildman–Crippen MR) is 76.1 cm³/mol. The van der Waals surface area contributed by atoms with E-state index in [4.69, 9.17) is 16.3 Å². The van der Waals surface area contributed by atoms with Crippen LogP contribution in [0.3, 0.4) is 0 Å². The van der Waals surface area contributed by atoms with Crippen LogP contribution in [-0.2, 0) is 11.2 Å². The van der Waals surface area contributed by atoms with Crippen LogP contribution in [-0.4, -0.2) is 25.8 Å². The van der Waals surface area contributed by atoms with E-state index in [0.29, 0.717) is 12.1 Å². The molecule has 2 rings (SSSR count). The Balaban J connectivity index is 2.00. The molecule has 1 aliphatic carbocycles. The highest BCUT2D eigenvalue weighted by molar-refractivity contribution is 6.30. The second-order valence-corrected chi connectivity index (χ2v) is 5.42. The third-order valence-electron chi connectivity index (χ3n) is 3.58. The number of likely N-dealkylation sites (N-methyl/N-ethyl adjacent to an activating group) is 1. The molecular formula is C15H22ClNO. The molecule has 1 aromatic carbocycles. The average molecular weight is 268 g/mol.